The number of nitrogens with zero attached hydrogens (tertiary/aromatic N) is 4. The lowest BCUT2D eigenvalue weighted by Gasteiger charge is -2.32. The molecule has 0 amide bonds. The van der Waals surface area contributed by atoms with Gasteiger partial charge in [-0.3, -0.25) is 0 Å². The fourth-order valence-electron chi connectivity index (χ4n) is 2.98. The summed E-state index contributed by atoms with van der Waals surface area (Å²) < 4.78 is 0. The van der Waals surface area contributed by atoms with E-state index in [4.69, 9.17) is 0 Å². The second-order valence-electron chi connectivity index (χ2n) is 5.49. The van der Waals surface area contributed by atoms with E-state index in [2.05, 4.69) is 71.7 Å². The van der Waals surface area contributed by atoms with Gasteiger partial charge in [0, 0.05) is 24.1 Å². The largest absolute Gasteiger partial charge is 0.330 e. The van der Waals surface area contributed by atoms with E-state index in [1.54, 1.807) is 12.4 Å². The van der Waals surface area contributed by atoms with Gasteiger partial charge in [-0.2, -0.15) is 0 Å². The van der Waals surface area contributed by atoms with Gasteiger partial charge in [0.05, 0.1) is 0 Å². The minimum Gasteiger partial charge on any atom is -0.330 e. The van der Waals surface area contributed by atoms with Crippen LogP contribution in [0, 0.1) is 6.92 Å². The number of aryl methyl sites for hydroxylation is 1. The van der Waals surface area contributed by atoms with Gasteiger partial charge < -0.3 is 9.80 Å². The lowest BCUT2D eigenvalue weighted by molar-refractivity contribution is 0.601. The second kappa shape index (κ2) is 4.78. The van der Waals surface area contributed by atoms with Gasteiger partial charge in [0.1, 0.15) is 6.17 Å². The highest BCUT2D eigenvalue weighted by molar-refractivity contribution is 5.79. The summed E-state index contributed by atoms with van der Waals surface area (Å²) in [5, 5.41) is 0. The van der Waals surface area contributed by atoms with Crippen LogP contribution in [0.2, 0.25) is 0 Å². The Morgan fingerprint density at radius 3 is 2.35 bits per heavy atom. The van der Waals surface area contributed by atoms with Crippen LogP contribution in [-0.4, -0.2) is 22.2 Å². The number of rotatable bonds is 2. The third kappa shape index (κ3) is 1.83. The lowest BCUT2D eigenvalue weighted by atomic mass is 10.2. The quantitative estimate of drug-likeness (QED) is 0.834. The molecule has 0 N–H and O–H groups in total. The van der Waals surface area contributed by atoms with Crippen LogP contribution in [0.25, 0.3) is 0 Å². The van der Waals surface area contributed by atoms with Gasteiger partial charge in [-0.15, -0.1) is 0 Å². The molecule has 104 valence electrons. The average molecular weight is 268 g/mol. The molecule has 20 heavy (non-hydrogen) atoms. The van der Waals surface area contributed by atoms with Gasteiger partial charge in [-0.1, -0.05) is 18.2 Å². The van der Waals surface area contributed by atoms with Crippen molar-refractivity contribution in [1.29, 1.82) is 0 Å². The van der Waals surface area contributed by atoms with Gasteiger partial charge in [-0.25, -0.2) is 9.97 Å². The first-order chi connectivity index (χ1) is 9.61. The predicted octanol–water partition coefficient (Wildman–Crippen LogP) is 3.50. The Morgan fingerprint density at radius 2 is 1.70 bits per heavy atom. The van der Waals surface area contributed by atoms with Crippen molar-refractivity contribution < 1.29 is 0 Å². The molecule has 4 heteroatoms. The molecule has 2 aromatic rings. The minimum atomic E-state index is 0.216. The number of para-hydroxylation sites is 1. The van der Waals surface area contributed by atoms with Crippen LogP contribution in [0.15, 0.2) is 36.7 Å². The third-order valence-electron chi connectivity index (χ3n) is 3.84. The van der Waals surface area contributed by atoms with Crippen molar-refractivity contribution in [1.82, 2.24) is 9.97 Å². The summed E-state index contributed by atoms with van der Waals surface area (Å²) >= 11 is 0. The SMILES string of the molecule is Cc1ccccc1N1c2nccnc2N(C(C)C)C1C. The molecule has 1 unspecified atom stereocenters. The van der Waals surface area contributed by atoms with Crippen LogP contribution >= 0.6 is 0 Å². The number of aromatic nitrogens is 2. The highest BCUT2D eigenvalue weighted by Crippen LogP contribution is 2.42. The highest BCUT2D eigenvalue weighted by Gasteiger charge is 2.37. The zero-order chi connectivity index (χ0) is 14.3. The Hall–Kier alpha value is -2.10. The molecule has 1 aromatic heterocycles. The summed E-state index contributed by atoms with van der Waals surface area (Å²) in [6, 6.07) is 8.81. The van der Waals surface area contributed by atoms with Crippen LogP contribution in [-0.2, 0) is 0 Å². The van der Waals surface area contributed by atoms with Gasteiger partial charge in [0.2, 0.25) is 0 Å². The summed E-state index contributed by atoms with van der Waals surface area (Å²) in [5.74, 6) is 1.92. The summed E-state index contributed by atoms with van der Waals surface area (Å²) in [4.78, 5) is 13.7. The van der Waals surface area contributed by atoms with Gasteiger partial charge in [0.25, 0.3) is 0 Å². The van der Waals surface area contributed by atoms with Gasteiger partial charge >= 0.3 is 0 Å². The standard InChI is InChI=1S/C16H20N4/c1-11(2)19-13(4)20(14-8-6-5-7-12(14)3)16-15(19)17-9-10-18-16/h5-11,13H,1-4H3. The highest BCUT2D eigenvalue weighted by atomic mass is 15.5. The van der Waals surface area contributed by atoms with Crippen LogP contribution in [0.1, 0.15) is 26.3 Å². The van der Waals surface area contributed by atoms with E-state index in [9.17, 15) is 0 Å². The number of hydrogen-bond acceptors (Lipinski definition) is 4. The fourth-order valence-corrected chi connectivity index (χ4v) is 2.98. The van der Waals surface area contributed by atoms with Crippen molar-refractivity contribution in [3.63, 3.8) is 0 Å². The zero-order valence-corrected chi connectivity index (χ0v) is 12.4. The topological polar surface area (TPSA) is 32.3 Å². The Kier molecular flexibility index (Phi) is 3.08. The lowest BCUT2D eigenvalue weighted by Crippen LogP contribution is -2.42. The Labute approximate surface area is 120 Å². The van der Waals surface area contributed by atoms with Crippen LogP contribution in [0.3, 0.4) is 0 Å². The summed E-state index contributed by atoms with van der Waals surface area (Å²) in [7, 11) is 0. The number of fused-ring (bicyclic) bond motifs is 1. The molecule has 3 rings (SSSR count). The molecule has 1 aliphatic heterocycles. The monoisotopic (exact) mass is 268 g/mol. The molecule has 0 fully saturated rings. The fraction of sp³-hybridized carbons (Fsp3) is 0.375. The molecule has 4 nitrogen and oxygen atoms in total. The molecule has 0 bridgehead atoms. The third-order valence-corrected chi connectivity index (χ3v) is 3.84. The van der Waals surface area contributed by atoms with Crippen molar-refractivity contribution in [2.75, 3.05) is 9.80 Å². The molecule has 1 aliphatic rings. The molecule has 0 radical (unpaired) electrons. The molecule has 0 saturated heterocycles. The first kappa shape index (κ1) is 12.9. The van der Waals surface area contributed by atoms with Gasteiger partial charge in [-0.05, 0) is 39.3 Å². The van der Waals surface area contributed by atoms with E-state index in [1.165, 1.54) is 11.3 Å². The summed E-state index contributed by atoms with van der Waals surface area (Å²) in [6.45, 7) is 8.72. The normalized spacial score (nSPS) is 17.8. The average Bonchev–Trinajstić information content (AvgIpc) is 2.71. The van der Waals surface area contributed by atoms with Crippen molar-refractivity contribution in [2.45, 2.75) is 39.9 Å². The smallest absolute Gasteiger partial charge is 0.178 e. The minimum absolute atomic E-state index is 0.216. The molecule has 1 aromatic carbocycles. The van der Waals surface area contributed by atoms with E-state index >= 15 is 0 Å². The van der Waals surface area contributed by atoms with E-state index < -0.39 is 0 Å². The number of anilines is 3. The van der Waals surface area contributed by atoms with Crippen molar-refractivity contribution in [3.05, 3.63) is 42.2 Å². The second-order valence-corrected chi connectivity index (χ2v) is 5.49. The summed E-state index contributed by atoms with van der Waals surface area (Å²) in [5.41, 5.74) is 2.45. The number of hydrogen-bond donors (Lipinski definition) is 0. The molecular formula is C16H20N4. The molecule has 0 saturated carbocycles. The van der Waals surface area contributed by atoms with Gasteiger partial charge in [0.15, 0.2) is 11.6 Å². The van der Waals surface area contributed by atoms with Crippen molar-refractivity contribution >= 4 is 17.3 Å². The first-order valence-corrected chi connectivity index (χ1v) is 7.05. The maximum absolute atomic E-state index is 4.56. The molecular weight excluding hydrogens is 248 g/mol. The Bertz CT molecular complexity index is 623. The predicted molar refractivity (Wildman–Crippen MR) is 82.4 cm³/mol. The van der Waals surface area contributed by atoms with E-state index in [-0.39, 0.29) is 6.17 Å². The van der Waals surface area contributed by atoms with Crippen molar-refractivity contribution in [3.8, 4) is 0 Å². The zero-order valence-electron chi connectivity index (χ0n) is 12.4. The first-order valence-electron chi connectivity index (χ1n) is 7.05. The van der Waals surface area contributed by atoms with Crippen molar-refractivity contribution in [2.24, 2.45) is 0 Å². The maximum atomic E-state index is 4.56. The molecule has 0 aliphatic carbocycles. The maximum Gasteiger partial charge on any atom is 0.178 e. The molecule has 0 spiro atoms. The molecule has 2 heterocycles. The Morgan fingerprint density at radius 1 is 1.05 bits per heavy atom. The van der Waals surface area contributed by atoms with E-state index in [0.29, 0.717) is 6.04 Å². The van der Waals surface area contributed by atoms with E-state index in [1.807, 2.05) is 0 Å². The Balaban J connectivity index is 2.16. The van der Waals surface area contributed by atoms with E-state index in [0.717, 1.165) is 11.6 Å². The van der Waals surface area contributed by atoms with Crippen LogP contribution in [0.5, 0.6) is 0 Å². The molecule has 1 atom stereocenters. The van der Waals surface area contributed by atoms with Crippen LogP contribution < -0.4 is 9.80 Å². The summed E-state index contributed by atoms with van der Waals surface area (Å²) in [6.07, 6.45) is 3.75. The number of benzene rings is 1. The van der Waals surface area contributed by atoms with Crippen LogP contribution in [0.4, 0.5) is 17.3 Å².